The smallest absolute Gasteiger partial charge is 0.354 e. The number of benzene rings is 3. The molecule has 0 bridgehead atoms. The van der Waals surface area contributed by atoms with Crippen molar-refractivity contribution in [2.24, 2.45) is 0 Å². The van der Waals surface area contributed by atoms with E-state index in [9.17, 15) is 31.2 Å². The number of rotatable bonds is 12. The van der Waals surface area contributed by atoms with E-state index in [0.29, 0.717) is 35.0 Å². The highest BCUT2D eigenvalue weighted by Gasteiger charge is 2.36. The number of nitrogens with one attached hydrogen (secondary N) is 1. The number of halogens is 6. The first kappa shape index (κ1) is 34.5. The second kappa shape index (κ2) is 14.7. The molecule has 0 spiro atoms. The maximum atomic E-state index is 13.9. The minimum absolute atomic E-state index is 0.187. The van der Waals surface area contributed by atoms with Crippen LogP contribution < -0.4 is 9.62 Å². The van der Waals surface area contributed by atoms with Crippen molar-refractivity contribution in [2.75, 3.05) is 17.4 Å². The lowest BCUT2D eigenvalue weighted by atomic mass is 10.1. The lowest BCUT2D eigenvalue weighted by Crippen LogP contribution is -2.51. The zero-order valence-electron chi connectivity index (χ0n) is 23.2. The van der Waals surface area contributed by atoms with E-state index in [1.165, 1.54) is 43.3 Å². The molecule has 0 aliphatic heterocycles. The topological polar surface area (TPSA) is 86.8 Å². The zero-order valence-corrected chi connectivity index (χ0v) is 26.3. The van der Waals surface area contributed by atoms with Crippen LogP contribution in [0, 0.1) is 0 Å². The monoisotopic (exact) mass is 677 g/mol. The van der Waals surface area contributed by atoms with Crippen LogP contribution in [0.3, 0.4) is 0 Å². The summed E-state index contributed by atoms with van der Waals surface area (Å²) in [4.78, 5) is 27.8. The summed E-state index contributed by atoms with van der Waals surface area (Å²) in [5, 5.41) is 2.86. The molecule has 3 aromatic rings. The highest BCUT2D eigenvalue weighted by molar-refractivity contribution is 7.92. The second-order valence-corrected chi connectivity index (χ2v) is 12.7. The van der Waals surface area contributed by atoms with Crippen LogP contribution in [0.4, 0.5) is 18.9 Å². The minimum atomic E-state index is -4.82. The number of carbonyl (C=O) groups is 2. The van der Waals surface area contributed by atoms with Crippen LogP contribution in [0.1, 0.15) is 37.8 Å². The SMILES string of the molecule is CCCCNC(=O)[C@@H](C)N(Cc1ccc(Cl)c(Cl)c1)C(=O)CN(c1cc(C(F)(F)F)ccc1Cl)S(=O)(=O)c1ccccc1. The van der Waals surface area contributed by atoms with Gasteiger partial charge in [0.15, 0.2) is 0 Å². The quantitative estimate of drug-likeness (QED) is 0.206. The third-order valence-corrected chi connectivity index (χ3v) is 9.32. The molecule has 2 amide bonds. The Kier molecular flexibility index (Phi) is 11.8. The van der Waals surface area contributed by atoms with E-state index >= 15 is 0 Å². The Morgan fingerprint density at radius 1 is 0.930 bits per heavy atom. The molecule has 232 valence electrons. The van der Waals surface area contributed by atoms with Gasteiger partial charge in [0, 0.05) is 13.1 Å². The molecule has 43 heavy (non-hydrogen) atoms. The number of alkyl halides is 3. The highest BCUT2D eigenvalue weighted by Crippen LogP contribution is 2.37. The summed E-state index contributed by atoms with van der Waals surface area (Å²) in [5.74, 6) is -1.38. The lowest BCUT2D eigenvalue weighted by Gasteiger charge is -2.32. The summed E-state index contributed by atoms with van der Waals surface area (Å²) >= 11 is 18.4. The van der Waals surface area contributed by atoms with Crippen LogP contribution in [0.25, 0.3) is 0 Å². The maximum absolute atomic E-state index is 13.9. The predicted molar refractivity (Wildman–Crippen MR) is 162 cm³/mol. The normalized spacial score (nSPS) is 12.5. The Labute approximate surface area is 263 Å². The number of sulfonamides is 1. The van der Waals surface area contributed by atoms with Crippen LogP contribution >= 0.6 is 34.8 Å². The summed E-state index contributed by atoms with van der Waals surface area (Å²) in [7, 11) is -4.62. The van der Waals surface area contributed by atoms with Gasteiger partial charge < -0.3 is 10.2 Å². The third-order valence-electron chi connectivity index (χ3n) is 6.49. The number of hydrogen-bond donors (Lipinski definition) is 1. The van der Waals surface area contributed by atoms with Gasteiger partial charge in [-0.3, -0.25) is 13.9 Å². The van der Waals surface area contributed by atoms with Crippen molar-refractivity contribution in [3.63, 3.8) is 0 Å². The Balaban J connectivity index is 2.11. The largest absolute Gasteiger partial charge is 0.416 e. The van der Waals surface area contributed by atoms with E-state index < -0.39 is 51.9 Å². The van der Waals surface area contributed by atoms with Crippen molar-refractivity contribution in [3.05, 3.63) is 92.9 Å². The summed E-state index contributed by atoms with van der Waals surface area (Å²) in [6.45, 7) is 2.60. The van der Waals surface area contributed by atoms with Gasteiger partial charge >= 0.3 is 6.18 Å². The first-order valence-electron chi connectivity index (χ1n) is 13.1. The van der Waals surface area contributed by atoms with Crippen molar-refractivity contribution >= 4 is 62.3 Å². The number of unbranched alkanes of at least 4 members (excludes halogenated alkanes) is 1. The highest BCUT2D eigenvalue weighted by atomic mass is 35.5. The summed E-state index contributed by atoms with van der Waals surface area (Å²) < 4.78 is 69.1. The molecule has 0 aliphatic rings. The predicted octanol–water partition coefficient (Wildman–Crippen LogP) is 7.19. The van der Waals surface area contributed by atoms with Gasteiger partial charge in [-0.1, -0.05) is 72.4 Å². The summed E-state index contributed by atoms with van der Waals surface area (Å²) in [6, 6.07) is 12.6. The van der Waals surface area contributed by atoms with E-state index in [4.69, 9.17) is 34.8 Å². The second-order valence-electron chi connectivity index (χ2n) is 9.58. The van der Waals surface area contributed by atoms with Gasteiger partial charge in [-0.25, -0.2) is 8.42 Å². The molecule has 0 aromatic heterocycles. The number of hydrogen-bond acceptors (Lipinski definition) is 4. The fraction of sp³-hybridized carbons (Fsp3) is 0.310. The van der Waals surface area contributed by atoms with Gasteiger partial charge in [-0.2, -0.15) is 13.2 Å². The number of carbonyl (C=O) groups excluding carboxylic acids is 2. The van der Waals surface area contributed by atoms with Gasteiger partial charge in [0.1, 0.15) is 12.6 Å². The summed E-state index contributed by atoms with van der Waals surface area (Å²) in [6.07, 6.45) is -3.32. The van der Waals surface area contributed by atoms with Crippen molar-refractivity contribution in [2.45, 2.75) is 50.3 Å². The number of amides is 2. The molecular formula is C29H29Cl3F3N3O4S. The van der Waals surface area contributed by atoms with E-state index in [0.717, 1.165) is 17.4 Å². The van der Waals surface area contributed by atoms with Crippen LogP contribution in [0.2, 0.25) is 15.1 Å². The van der Waals surface area contributed by atoms with E-state index in [-0.39, 0.29) is 26.5 Å². The van der Waals surface area contributed by atoms with Crippen molar-refractivity contribution in [3.8, 4) is 0 Å². The Bertz CT molecular complexity index is 1560. The first-order valence-corrected chi connectivity index (χ1v) is 15.7. The fourth-order valence-corrected chi connectivity index (χ4v) is 6.10. The van der Waals surface area contributed by atoms with Crippen LogP contribution in [-0.4, -0.2) is 44.3 Å². The minimum Gasteiger partial charge on any atom is -0.354 e. The molecule has 0 unspecified atom stereocenters. The Morgan fingerprint density at radius 3 is 2.19 bits per heavy atom. The molecule has 7 nitrogen and oxygen atoms in total. The molecule has 3 aromatic carbocycles. The zero-order chi connectivity index (χ0) is 31.9. The first-order chi connectivity index (χ1) is 20.2. The average Bonchev–Trinajstić information content (AvgIpc) is 2.96. The van der Waals surface area contributed by atoms with Gasteiger partial charge in [0.2, 0.25) is 11.8 Å². The van der Waals surface area contributed by atoms with Gasteiger partial charge in [-0.15, -0.1) is 0 Å². The molecule has 0 radical (unpaired) electrons. The van der Waals surface area contributed by atoms with Gasteiger partial charge in [-0.05, 0) is 61.4 Å². The molecule has 0 saturated heterocycles. The molecule has 0 fully saturated rings. The van der Waals surface area contributed by atoms with Crippen LogP contribution in [0.5, 0.6) is 0 Å². The maximum Gasteiger partial charge on any atom is 0.416 e. The number of nitrogens with zero attached hydrogens (tertiary/aromatic N) is 2. The number of anilines is 1. The molecule has 14 heteroatoms. The van der Waals surface area contributed by atoms with E-state index in [1.807, 2.05) is 6.92 Å². The van der Waals surface area contributed by atoms with Gasteiger partial charge in [0.05, 0.1) is 31.2 Å². The van der Waals surface area contributed by atoms with Crippen molar-refractivity contribution in [1.29, 1.82) is 0 Å². The fourth-order valence-electron chi connectivity index (χ4n) is 4.07. The lowest BCUT2D eigenvalue weighted by molar-refractivity contribution is -0.139. The standard InChI is InChI=1S/C29H29Cl3F3N3O4S/c1-3-4-14-36-28(40)19(2)37(17-20-10-12-23(30)25(32)15-20)27(39)18-38(43(41,42)22-8-6-5-7-9-22)26-16-21(29(33,34)35)11-13-24(26)31/h5-13,15-16,19H,3-4,14,17-18H2,1-2H3,(H,36,40)/t19-/m1/s1. The molecular weight excluding hydrogens is 650 g/mol. The summed E-state index contributed by atoms with van der Waals surface area (Å²) in [5.41, 5.74) is -1.24. The van der Waals surface area contributed by atoms with E-state index in [2.05, 4.69) is 5.32 Å². The molecule has 0 saturated carbocycles. The Hall–Kier alpha value is -2.99. The molecule has 1 N–H and O–H groups in total. The molecule has 1 atom stereocenters. The van der Waals surface area contributed by atoms with Crippen LogP contribution in [-0.2, 0) is 32.3 Å². The Morgan fingerprint density at radius 2 is 1.58 bits per heavy atom. The van der Waals surface area contributed by atoms with Crippen molar-refractivity contribution < 1.29 is 31.2 Å². The van der Waals surface area contributed by atoms with E-state index in [1.54, 1.807) is 12.1 Å². The van der Waals surface area contributed by atoms with Crippen LogP contribution in [0.15, 0.2) is 71.6 Å². The third kappa shape index (κ3) is 8.78. The molecule has 0 heterocycles. The molecule has 3 rings (SSSR count). The average molecular weight is 679 g/mol. The molecule has 0 aliphatic carbocycles. The van der Waals surface area contributed by atoms with Gasteiger partial charge in [0.25, 0.3) is 10.0 Å². The van der Waals surface area contributed by atoms with Crippen molar-refractivity contribution in [1.82, 2.24) is 10.2 Å².